The highest BCUT2D eigenvalue weighted by molar-refractivity contribution is 9.10. The van der Waals surface area contributed by atoms with E-state index in [4.69, 9.17) is 34.5 Å². The lowest BCUT2D eigenvalue weighted by Crippen LogP contribution is -2.36. The zero-order chi connectivity index (χ0) is 100. The number of esters is 1. The number of rotatable bonds is 25. The van der Waals surface area contributed by atoms with E-state index in [9.17, 15) is 33.6 Å². The summed E-state index contributed by atoms with van der Waals surface area (Å²) in [5, 5.41) is 23.6. The Kier molecular flexibility index (Phi) is 49.6. The molecule has 3 aromatic heterocycles. The molecule has 7 heterocycles. The smallest absolute Gasteiger partial charge is 0.408 e. The minimum Gasteiger partial charge on any atom is -0.478 e. The van der Waals surface area contributed by atoms with Crippen LogP contribution in [0.25, 0.3) is 0 Å². The fourth-order valence-corrected chi connectivity index (χ4v) is 18.4. The van der Waals surface area contributed by atoms with Crippen molar-refractivity contribution in [3.63, 3.8) is 0 Å². The lowest BCUT2D eigenvalue weighted by Gasteiger charge is -2.33. The number of carboxylic acids is 1. The number of carbonyl (C=O) groups excluding carboxylic acids is 6. The summed E-state index contributed by atoms with van der Waals surface area (Å²) in [6.45, 7) is 42.2. The van der Waals surface area contributed by atoms with Crippen LogP contribution in [0.1, 0.15) is 311 Å². The Labute approximate surface area is 841 Å². The maximum Gasteiger partial charge on any atom is 0.408 e. The molecule has 14 rings (SSSR count). The maximum atomic E-state index is 12.8. The number of amides is 5. The van der Waals surface area contributed by atoms with Gasteiger partial charge in [-0.05, 0) is 376 Å². The molecule has 26 nitrogen and oxygen atoms in total. The number of hydrogen-bond donors (Lipinski definition) is 7. The van der Waals surface area contributed by atoms with Crippen LogP contribution < -0.4 is 42.1 Å². The number of benzene rings is 4. The zero-order valence-corrected chi connectivity index (χ0v) is 87.7. The first-order chi connectivity index (χ1) is 65.6. The van der Waals surface area contributed by atoms with Crippen LogP contribution in [-0.2, 0) is 54.4 Å². The predicted molar refractivity (Wildman–Crippen MR) is 560 cm³/mol. The number of ether oxygens (including phenoxy) is 5. The first-order valence-corrected chi connectivity index (χ1v) is 51.4. The number of alkyl carbamates (subject to hydrolysis) is 4. The van der Waals surface area contributed by atoms with Crippen LogP contribution in [0.2, 0.25) is 0 Å². The van der Waals surface area contributed by atoms with Crippen LogP contribution in [0.4, 0.5) is 30.6 Å². The number of nitrogens with one attached hydrogen (secondary N) is 5. The van der Waals surface area contributed by atoms with Gasteiger partial charge < -0.3 is 70.9 Å². The minimum absolute atomic E-state index is 0. The number of anilines is 2. The third-order valence-corrected chi connectivity index (χ3v) is 25.7. The van der Waals surface area contributed by atoms with Crippen LogP contribution >= 0.6 is 15.9 Å². The van der Waals surface area contributed by atoms with Crippen LogP contribution in [0, 0.1) is 29.6 Å². The van der Waals surface area contributed by atoms with E-state index in [1.807, 2.05) is 144 Å². The van der Waals surface area contributed by atoms with Gasteiger partial charge in [0, 0.05) is 132 Å². The molecule has 3 radical (unpaired) electrons. The summed E-state index contributed by atoms with van der Waals surface area (Å²) in [6, 6.07) is 44.0. The van der Waals surface area contributed by atoms with Gasteiger partial charge in [-0.15, -0.1) is 0 Å². The van der Waals surface area contributed by atoms with Crippen LogP contribution in [0.3, 0.4) is 0 Å². The van der Waals surface area contributed by atoms with Crippen LogP contribution in [-0.4, -0.2) is 187 Å². The average molecular weight is 1980 g/mol. The van der Waals surface area contributed by atoms with Crippen molar-refractivity contribution in [2.45, 2.75) is 311 Å². The van der Waals surface area contributed by atoms with Gasteiger partial charge >= 0.3 is 36.3 Å². The number of halogens is 1. The van der Waals surface area contributed by atoms with E-state index < -0.39 is 40.6 Å². The van der Waals surface area contributed by atoms with Gasteiger partial charge in [-0.25, -0.2) is 24.0 Å². The minimum atomic E-state index is -0.962. The fraction of sp³-hybridized carbons (Fsp3) is 0.586. The van der Waals surface area contributed by atoms with Gasteiger partial charge in [0.25, 0.3) is 5.91 Å². The molecule has 4 saturated heterocycles. The number of aryl methyl sites for hydroxylation is 2. The highest BCUT2D eigenvalue weighted by Crippen LogP contribution is 2.36. The topological polar surface area (TPSA) is 324 Å². The second-order valence-corrected chi connectivity index (χ2v) is 43.4. The molecule has 761 valence electrons. The molecule has 2 unspecified atom stereocenters. The first-order valence-electron chi connectivity index (χ1n) is 50.7. The molecule has 4 aromatic carbocycles. The van der Waals surface area contributed by atoms with Crippen molar-refractivity contribution >= 4 is 77.9 Å². The highest BCUT2D eigenvalue weighted by atomic mass is 79.9. The second-order valence-electron chi connectivity index (χ2n) is 42.5. The number of pyridine rings is 3. The van der Waals surface area contributed by atoms with Gasteiger partial charge in [0.15, 0.2) is 0 Å². The Morgan fingerprint density at radius 1 is 0.396 bits per heavy atom. The number of aromatic carboxylic acids is 1. The van der Waals surface area contributed by atoms with E-state index in [0.29, 0.717) is 36.9 Å². The maximum absolute atomic E-state index is 12.8. The summed E-state index contributed by atoms with van der Waals surface area (Å²) < 4.78 is 27.5. The standard InChI is InChI=1S/C27H36N4O3.C19H30N2O2.C18H28N2O2.C15H19NO4.C14H22N2.C13H25NO2.C5H4BrN.B/c1-27(2,3)34-26(33)30-24-7-6-20-4-5-21(18-23(20)24)25(32)29-15-8-19-11-16-31(17-12-19)22-9-13-28-14-10-22;1-19(2,3)23-18(22)20-12-9-16-10-13-21(14-11-16)15-17-7-5-4-6-8-17;1-18(2,3)22-17(21)6-4-5-15-9-13-20(14-10-15)16-7-11-19-12-8-16;1-15(2,3)20-14(19)16-12-7-6-9-4-5-10(13(17)18)8-11(9)12;15-9-6-13-7-10-16(11-8-13)12-14-4-2-1-3-5-14;1-13(2,3)16-12(15)14-10-9-11-7-5-4-6-8-11;6-5-1-3-7-4-2-5;/h4-5,9-10,13-14,18-19,24H,6-8,11-12,15-17H2,1-3H3,(H,29,32)(H,30,33);4-8,16H,9-15H2,1-3H3,(H,20,22);7-8,11-12,15H,4-6,9-10,13-14H2,1-3H3;4-5,8,12H,6-7H2,1-3H3,(H,16,19)(H,17,18);1-5,13H,6-12,15H2;11H,4-10H2,1-3H3,(H,14,15);1-4H;. The van der Waals surface area contributed by atoms with Gasteiger partial charge in [0.1, 0.15) is 28.0 Å². The quantitative estimate of drug-likeness (QED) is 0.0159. The Hall–Kier alpha value is -10.2. The van der Waals surface area contributed by atoms with Gasteiger partial charge in [-0.3, -0.25) is 34.3 Å². The monoisotopic (exact) mass is 1980 g/mol. The van der Waals surface area contributed by atoms with Crippen LogP contribution in [0.5, 0.6) is 0 Å². The highest BCUT2D eigenvalue weighted by Gasteiger charge is 2.32. The summed E-state index contributed by atoms with van der Waals surface area (Å²) in [6.07, 6.45) is 36.1. The number of hydrogen-bond acceptors (Lipinski definition) is 20. The van der Waals surface area contributed by atoms with E-state index >= 15 is 0 Å². The Bertz CT molecular complexity index is 4710. The number of likely N-dealkylation sites (tertiary alicyclic amines) is 2. The molecule has 0 spiro atoms. The lowest BCUT2D eigenvalue weighted by atomic mass is 9.87. The van der Waals surface area contributed by atoms with Crippen molar-refractivity contribution in [2.75, 3.05) is 88.3 Å². The zero-order valence-electron chi connectivity index (χ0n) is 86.1. The SMILES string of the molecule is Brc1ccncc1.CC(C)(C)OC(=O)CCCC1CCN(c2ccncc2)CC1.CC(C)(C)OC(=O)NC1CCc2ccc(C(=O)NCCC3CCN(c4ccncc4)CC3)cc21.CC(C)(C)OC(=O)NC1CCc2ccc(C(=O)O)cc21.CC(C)(C)OC(=O)NCCC1CCCCC1.CC(C)(C)OC(=O)NCCC1CCN(Cc2ccccc2)CC1.NCCC1CCN(Cc2ccccc2)CC1.[B]. The molecule has 3 aliphatic carbocycles. The molecule has 4 aliphatic heterocycles. The van der Waals surface area contributed by atoms with E-state index in [2.05, 4.69) is 162 Å². The molecular weight excluding hydrogens is 1810 g/mol. The van der Waals surface area contributed by atoms with E-state index in [1.165, 1.54) is 118 Å². The van der Waals surface area contributed by atoms with Crippen molar-refractivity contribution in [2.24, 2.45) is 35.3 Å². The molecule has 8 N–H and O–H groups in total. The largest absolute Gasteiger partial charge is 0.478 e. The van der Waals surface area contributed by atoms with E-state index in [-0.39, 0.29) is 55.7 Å². The molecule has 0 bridgehead atoms. The molecule has 5 fully saturated rings. The number of carbonyl (C=O) groups is 7. The van der Waals surface area contributed by atoms with Gasteiger partial charge in [0.2, 0.25) is 0 Å². The first kappa shape index (κ1) is 116. The Morgan fingerprint density at radius 3 is 1.12 bits per heavy atom. The fourth-order valence-electron chi connectivity index (χ4n) is 18.1. The lowest BCUT2D eigenvalue weighted by molar-refractivity contribution is -0.155. The van der Waals surface area contributed by atoms with Crippen molar-refractivity contribution < 1.29 is 62.4 Å². The average Bonchev–Trinajstić information content (AvgIpc) is 1.66. The number of nitrogens with two attached hydrogens (primary N) is 1. The molecule has 28 heteroatoms. The second kappa shape index (κ2) is 59.6. The van der Waals surface area contributed by atoms with Crippen molar-refractivity contribution in [1.82, 2.24) is 51.3 Å². The molecule has 5 amide bonds. The Morgan fingerprint density at radius 2 is 0.741 bits per heavy atom. The molecule has 2 atom stereocenters. The van der Waals surface area contributed by atoms with Crippen molar-refractivity contribution in [3.05, 3.63) is 220 Å². The molecule has 7 aliphatic rings. The van der Waals surface area contributed by atoms with Crippen molar-refractivity contribution in [3.8, 4) is 0 Å². The van der Waals surface area contributed by atoms with Crippen molar-refractivity contribution in [1.29, 1.82) is 0 Å². The normalized spacial score (nSPS) is 17.1. The van der Waals surface area contributed by atoms with Crippen LogP contribution in [0.15, 0.2) is 175 Å². The summed E-state index contributed by atoms with van der Waals surface area (Å²) in [4.78, 5) is 104. The molecule has 1 saturated carbocycles. The number of fused-ring (bicyclic) bond motifs is 2. The number of nitrogens with zero attached hydrogens (tertiary/aromatic N) is 7. The molecule has 7 aromatic rings. The summed E-state index contributed by atoms with van der Waals surface area (Å²) in [5.41, 5.74) is 13.7. The van der Waals surface area contributed by atoms with E-state index in [1.54, 1.807) is 45.3 Å². The summed E-state index contributed by atoms with van der Waals surface area (Å²) in [7, 11) is 0. The number of carboxylic acid groups (broad SMARTS) is 1. The number of aromatic nitrogens is 3. The molecular formula is C111H164BBrN13O13. The van der Waals surface area contributed by atoms with Gasteiger partial charge in [-0.2, -0.15) is 0 Å². The van der Waals surface area contributed by atoms with E-state index in [0.717, 1.165) is 175 Å². The third-order valence-electron chi connectivity index (χ3n) is 25.2. The number of piperidine rings is 4. The van der Waals surface area contributed by atoms with Gasteiger partial charge in [0.05, 0.1) is 17.6 Å². The summed E-state index contributed by atoms with van der Waals surface area (Å²) >= 11 is 3.27. The molecule has 139 heavy (non-hydrogen) atoms. The Balaban J connectivity index is 0.000000227. The predicted octanol–water partition coefficient (Wildman–Crippen LogP) is 22.3. The summed E-state index contributed by atoms with van der Waals surface area (Å²) in [5.74, 6) is 2.66. The van der Waals surface area contributed by atoms with Gasteiger partial charge in [-0.1, -0.05) is 121 Å². The third kappa shape index (κ3) is 47.8.